The number of carbonyl (C=O) groups is 1. The van der Waals surface area contributed by atoms with Gasteiger partial charge in [0.2, 0.25) is 5.91 Å². The highest BCUT2D eigenvalue weighted by Crippen LogP contribution is 2.28. The number of amides is 1. The van der Waals surface area contributed by atoms with Crippen molar-refractivity contribution < 1.29 is 14.3 Å². The summed E-state index contributed by atoms with van der Waals surface area (Å²) in [7, 11) is 1.60. The predicted molar refractivity (Wildman–Crippen MR) is 125 cm³/mol. The van der Waals surface area contributed by atoms with Crippen LogP contribution in [-0.4, -0.2) is 47.2 Å². The largest absolute Gasteiger partial charge is 0.492 e. The Morgan fingerprint density at radius 2 is 1.78 bits per heavy atom. The van der Waals surface area contributed by atoms with Gasteiger partial charge in [0, 0.05) is 19.6 Å². The van der Waals surface area contributed by atoms with Gasteiger partial charge in [0.15, 0.2) is 0 Å². The number of rotatable bonds is 9. The Bertz CT molecular complexity index is 1140. The lowest BCUT2D eigenvalue weighted by atomic mass is 10.1. The Labute approximate surface area is 188 Å². The average Bonchev–Trinajstić information content (AvgIpc) is 2.79. The highest BCUT2D eigenvalue weighted by molar-refractivity contribution is 5.80. The summed E-state index contributed by atoms with van der Waals surface area (Å²) in [5.74, 6) is 0.833. The summed E-state index contributed by atoms with van der Waals surface area (Å²) < 4.78 is 12.6. The Hall–Kier alpha value is -3.19. The topological polar surface area (TPSA) is 73.7 Å². The second kappa shape index (κ2) is 10.4. The molecule has 0 spiro atoms. The van der Waals surface area contributed by atoms with E-state index in [-0.39, 0.29) is 17.4 Å². The summed E-state index contributed by atoms with van der Waals surface area (Å²) in [6.45, 7) is 8.76. The molecule has 1 amide bonds. The van der Waals surface area contributed by atoms with Crippen molar-refractivity contribution in [3.05, 3.63) is 64.7 Å². The summed E-state index contributed by atoms with van der Waals surface area (Å²) in [5.41, 5.74) is 0.990. The monoisotopic (exact) mass is 437 g/mol. The first-order valence-corrected chi connectivity index (χ1v) is 10.9. The smallest absolute Gasteiger partial charge is 0.266 e. The van der Waals surface area contributed by atoms with E-state index in [4.69, 9.17) is 14.5 Å². The lowest BCUT2D eigenvalue weighted by molar-refractivity contribution is -0.137. The highest BCUT2D eigenvalue weighted by Gasteiger charge is 2.28. The number of hydrogen-bond donors (Lipinski definition) is 0. The van der Waals surface area contributed by atoms with Gasteiger partial charge < -0.3 is 14.4 Å². The fourth-order valence-electron chi connectivity index (χ4n) is 3.74. The third kappa shape index (κ3) is 4.67. The molecule has 3 rings (SSSR count). The maximum Gasteiger partial charge on any atom is 0.266 e. The quantitative estimate of drug-likeness (QED) is 0.506. The number of methoxy groups -OCH3 is 1. The van der Waals surface area contributed by atoms with E-state index < -0.39 is 6.04 Å². The molecular weight excluding hydrogens is 406 g/mol. The van der Waals surface area contributed by atoms with Crippen molar-refractivity contribution in [2.24, 2.45) is 5.92 Å². The van der Waals surface area contributed by atoms with Crippen LogP contribution in [0.4, 0.5) is 0 Å². The second-order valence-electron chi connectivity index (χ2n) is 7.88. The van der Waals surface area contributed by atoms with Gasteiger partial charge in [-0.2, -0.15) is 0 Å². The molecule has 1 atom stereocenters. The first kappa shape index (κ1) is 23.5. The molecule has 0 saturated heterocycles. The van der Waals surface area contributed by atoms with Crippen LogP contribution in [0.5, 0.6) is 5.75 Å². The highest BCUT2D eigenvalue weighted by atomic mass is 16.5. The van der Waals surface area contributed by atoms with Crippen molar-refractivity contribution in [1.82, 2.24) is 14.5 Å². The lowest BCUT2D eigenvalue weighted by Gasteiger charge is -2.32. The van der Waals surface area contributed by atoms with Crippen LogP contribution >= 0.6 is 0 Å². The maximum absolute atomic E-state index is 13.7. The lowest BCUT2D eigenvalue weighted by Crippen LogP contribution is -2.41. The van der Waals surface area contributed by atoms with E-state index in [0.717, 1.165) is 0 Å². The third-order valence-corrected chi connectivity index (χ3v) is 5.36. The van der Waals surface area contributed by atoms with Gasteiger partial charge in [0.1, 0.15) is 11.6 Å². The van der Waals surface area contributed by atoms with Gasteiger partial charge in [-0.25, -0.2) is 4.98 Å². The molecule has 0 N–H and O–H groups in total. The Morgan fingerprint density at radius 3 is 2.47 bits per heavy atom. The standard InChI is InChI=1S/C25H31N3O4/c1-6-32-22-14-10-9-13-21(22)28-23(26-20-12-8-7-11-19(20)25(28)30)18(4)27(15-16-31-5)24(29)17(2)3/h7-14,17-18H,6,15-16H2,1-5H3. The van der Waals surface area contributed by atoms with E-state index in [1.807, 2.05) is 70.2 Å². The minimum atomic E-state index is -0.466. The summed E-state index contributed by atoms with van der Waals surface area (Å²) in [5, 5.41) is 0.508. The number of ether oxygens (including phenoxy) is 2. The molecular formula is C25H31N3O4. The van der Waals surface area contributed by atoms with Crippen molar-refractivity contribution in [2.75, 3.05) is 26.9 Å². The van der Waals surface area contributed by atoms with Crippen molar-refractivity contribution in [1.29, 1.82) is 0 Å². The summed E-state index contributed by atoms with van der Waals surface area (Å²) >= 11 is 0. The van der Waals surface area contributed by atoms with E-state index in [0.29, 0.717) is 47.9 Å². The molecule has 0 aliphatic rings. The van der Waals surface area contributed by atoms with Gasteiger partial charge in [-0.15, -0.1) is 0 Å². The Morgan fingerprint density at radius 1 is 1.09 bits per heavy atom. The number of para-hydroxylation sites is 3. The van der Waals surface area contributed by atoms with Crippen LogP contribution in [0.3, 0.4) is 0 Å². The summed E-state index contributed by atoms with van der Waals surface area (Å²) in [6, 6.07) is 14.2. The van der Waals surface area contributed by atoms with Crippen LogP contribution in [-0.2, 0) is 9.53 Å². The van der Waals surface area contributed by atoms with Gasteiger partial charge in [-0.05, 0) is 38.1 Å². The Kier molecular flexibility index (Phi) is 7.64. The van der Waals surface area contributed by atoms with E-state index in [9.17, 15) is 9.59 Å². The molecule has 0 aliphatic carbocycles. The zero-order valence-electron chi connectivity index (χ0n) is 19.4. The van der Waals surface area contributed by atoms with Crippen molar-refractivity contribution >= 4 is 16.8 Å². The fourth-order valence-corrected chi connectivity index (χ4v) is 3.74. The maximum atomic E-state index is 13.7. The van der Waals surface area contributed by atoms with E-state index in [2.05, 4.69) is 0 Å². The number of fused-ring (bicyclic) bond motifs is 1. The van der Waals surface area contributed by atoms with Crippen LogP contribution in [0.15, 0.2) is 53.3 Å². The van der Waals surface area contributed by atoms with Crippen LogP contribution in [0.2, 0.25) is 0 Å². The molecule has 32 heavy (non-hydrogen) atoms. The SMILES string of the molecule is CCOc1ccccc1-n1c(C(C)N(CCOC)C(=O)C(C)C)nc2ccccc2c1=O. The van der Waals surface area contributed by atoms with Crippen LogP contribution < -0.4 is 10.3 Å². The van der Waals surface area contributed by atoms with Crippen molar-refractivity contribution in [3.63, 3.8) is 0 Å². The van der Waals surface area contributed by atoms with Crippen LogP contribution in [0, 0.1) is 5.92 Å². The number of aromatic nitrogens is 2. The number of carbonyl (C=O) groups excluding carboxylic acids is 1. The molecule has 7 heteroatoms. The minimum absolute atomic E-state index is 0.0263. The molecule has 7 nitrogen and oxygen atoms in total. The zero-order chi connectivity index (χ0) is 23.3. The Balaban J connectivity index is 2.29. The van der Waals surface area contributed by atoms with Crippen LogP contribution in [0.1, 0.15) is 39.6 Å². The summed E-state index contributed by atoms with van der Waals surface area (Å²) in [6.07, 6.45) is 0. The summed E-state index contributed by atoms with van der Waals surface area (Å²) in [4.78, 5) is 33.3. The van der Waals surface area contributed by atoms with Gasteiger partial charge >= 0.3 is 0 Å². The molecule has 0 bridgehead atoms. The molecule has 1 heterocycles. The third-order valence-electron chi connectivity index (χ3n) is 5.36. The fraction of sp³-hybridized carbons (Fsp3) is 0.400. The molecule has 3 aromatic rings. The van der Waals surface area contributed by atoms with Gasteiger partial charge in [0.05, 0.1) is 35.8 Å². The van der Waals surface area contributed by atoms with E-state index in [1.165, 1.54) is 0 Å². The van der Waals surface area contributed by atoms with Gasteiger partial charge in [0.25, 0.3) is 5.56 Å². The van der Waals surface area contributed by atoms with Crippen LogP contribution in [0.25, 0.3) is 16.6 Å². The molecule has 0 radical (unpaired) electrons. The molecule has 0 fully saturated rings. The average molecular weight is 438 g/mol. The number of benzene rings is 2. The van der Waals surface area contributed by atoms with Gasteiger partial charge in [-0.1, -0.05) is 38.1 Å². The molecule has 170 valence electrons. The minimum Gasteiger partial charge on any atom is -0.492 e. The van der Waals surface area contributed by atoms with E-state index in [1.54, 1.807) is 22.6 Å². The first-order valence-electron chi connectivity index (χ1n) is 10.9. The molecule has 1 unspecified atom stereocenters. The van der Waals surface area contributed by atoms with Gasteiger partial charge in [-0.3, -0.25) is 14.2 Å². The first-order chi connectivity index (χ1) is 15.4. The normalized spacial score (nSPS) is 12.2. The van der Waals surface area contributed by atoms with Crippen molar-refractivity contribution in [2.45, 2.75) is 33.7 Å². The predicted octanol–water partition coefficient (Wildman–Crippen LogP) is 3.98. The van der Waals surface area contributed by atoms with E-state index >= 15 is 0 Å². The second-order valence-corrected chi connectivity index (χ2v) is 7.88. The zero-order valence-corrected chi connectivity index (χ0v) is 19.4. The molecule has 0 aliphatic heterocycles. The molecule has 1 aromatic heterocycles. The number of hydrogen-bond acceptors (Lipinski definition) is 5. The number of nitrogens with zero attached hydrogens (tertiary/aromatic N) is 3. The molecule has 0 saturated carbocycles. The molecule has 2 aromatic carbocycles. The van der Waals surface area contributed by atoms with Crippen molar-refractivity contribution in [3.8, 4) is 11.4 Å².